The number of esters is 3. The van der Waals surface area contributed by atoms with Gasteiger partial charge in [0.1, 0.15) is 12.2 Å². The summed E-state index contributed by atoms with van der Waals surface area (Å²) in [5.41, 5.74) is 10.1. The van der Waals surface area contributed by atoms with Crippen LogP contribution in [-0.4, -0.2) is 84.4 Å². The molecule has 0 saturated carbocycles. The maximum atomic E-state index is 10.9. The highest BCUT2D eigenvalue weighted by Gasteiger charge is 2.09. The molecule has 0 aliphatic carbocycles. The minimum absolute atomic E-state index is 0. The molecule has 0 radical (unpaired) electrons. The minimum Gasteiger partial charge on any atom is -0.481 e. The van der Waals surface area contributed by atoms with E-state index in [0.717, 1.165) is 0 Å². The third kappa shape index (κ3) is 61.6. The van der Waals surface area contributed by atoms with Gasteiger partial charge in [-0.05, 0) is 48.5 Å². The molecule has 44 heavy (non-hydrogen) atoms. The van der Waals surface area contributed by atoms with Crippen molar-refractivity contribution in [2.24, 2.45) is 11.5 Å². The van der Waals surface area contributed by atoms with Gasteiger partial charge in [-0.2, -0.15) is 0 Å². The number of allylic oxidation sites excluding steroid dienone is 1. The number of hydrogen-bond acceptors (Lipinski definition) is 12. The topological polar surface area (TPSA) is 261 Å². The molecular weight excluding hydrogens is 584 g/mol. The fourth-order valence-electron chi connectivity index (χ4n) is 2.23. The number of primary amides is 1. The van der Waals surface area contributed by atoms with Crippen LogP contribution >= 0.6 is 0 Å². The fourth-order valence-corrected chi connectivity index (χ4v) is 2.23. The normalized spacial score (nSPS) is 10.7. The minimum atomic E-state index is -0.838. The molecule has 0 aromatic carbocycles. The van der Waals surface area contributed by atoms with Crippen molar-refractivity contribution in [2.45, 2.75) is 101 Å². The molecule has 2 atom stereocenters. The summed E-state index contributed by atoms with van der Waals surface area (Å²) in [6.45, 7) is 16.7. The van der Waals surface area contributed by atoms with E-state index in [1.807, 2.05) is 0 Å². The Kier molecular flexibility index (Phi) is 37.2. The van der Waals surface area contributed by atoms with E-state index in [4.69, 9.17) is 15.6 Å². The molecule has 0 spiro atoms. The Balaban J connectivity index is -0.000000109. The highest BCUT2D eigenvalue weighted by Crippen LogP contribution is 1.93. The fraction of sp³-hybridized carbons (Fsp3) is 0.643. The Labute approximate surface area is 261 Å². The van der Waals surface area contributed by atoms with Crippen molar-refractivity contribution in [3.8, 4) is 0 Å². The van der Waals surface area contributed by atoms with Crippen LogP contribution in [0, 0.1) is 0 Å². The van der Waals surface area contributed by atoms with E-state index in [-0.39, 0.29) is 62.2 Å². The number of carboxylic acids is 1. The molecule has 16 nitrogen and oxygen atoms in total. The van der Waals surface area contributed by atoms with Gasteiger partial charge in [0.25, 0.3) is 0 Å². The van der Waals surface area contributed by atoms with Gasteiger partial charge in [0.2, 0.25) is 17.7 Å². The number of carboxylic acid groups (broad SMARTS) is 1. The molecule has 3 amide bonds. The van der Waals surface area contributed by atoms with Crippen LogP contribution < -0.4 is 22.1 Å². The summed E-state index contributed by atoms with van der Waals surface area (Å²) < 4.78 is 13.8. The zero-order chi connectivity index (χ0) is 35.8. The van der Waals surface area contributed by atoms with E-state index in [9.17, 15) is 38.4 Å². The van der Waals surface area contributed by atoms with Gasteiger partial charge in [-0.15, -0.1) is 0 Å². The van der Waals surface area contributed by atoms with Gasteiger partial charge in [-0.25, -0.2) is 4.79 Å². The van der Waals surface area contributed by atoms with E-state index >= 15 is 0 Å². The Morgan fingerprint density at radius 1 is 0.773 bits per heavy atom. The number of carbonyl (C=O) groups excluding carboxylic acids is 7. The number of rotatable bonds is 12. The van der Waals surface area contributed by atoms with E-state index in [0.29, 0.717) is 25.5 Å². The highest BCUT2D eigenvalue weighted by atomic mass is 16.5. The molecule has 0 aromatic heterocycles. The van der Waals surface area contributed by atoms with E-state index in [1.165, 1.54) is 33.8 Å². The Hall–Kier alpha value is -4.34. The number of nitrogens with one attached hydrogen (secondary N) is 2. The summed E-state index contributed by atoms with van der Waals surface area (Å²) in [6.07, 6.45) is 1.42. The molecule has 0 aromatic rings. The predicted molar refractivity (Wildman–Crippen MR) is 164 cm³/mol. The zero-order valence-electron chi connectivity index (χ0n) is 27.6. The number of aliphatic carboxylic acids is 1. The van der Waals surface area contributed by atoms with Crippen LogP contribution in [0.5, 0.6) is 0 Å². The van der Waals surface area contributed by atoms with Crippen molar-refractivity contribution in [3.63, 3.8) is 0 Å². The van der Waals surface area contributed by atoms with Crippen molar-refractivity contribution >= 4 is 47.4 Å². The highest BCUT2D eigenvalue weighted by molar-refractivity contribution is 5.94. The second-order valence-electron chi connectivity index (χ2n) is 8.74. The number of Topliss-reactive ketones (excluding diaryl/α,β-unsaturated/α-hetero) is 1. The van der Waals surface area contributed by atoms with E-state index in [2.05, 4.69) is 25.8 Å². The lowest BCUT2D eigenvalue weighted by molar-refractivity contribution is -0.146. The van der Waals surface area contributed by atoms with Crippen molar-refractivity contribution < 1.29 is 59.1 Å². The number of carbonyl (C=O) groups is 8. The second kappa shape index (κ2) is 33.2. The van der Waals surface area contributed by atoms with Gasteiger partial charge in [0.15, 0.2) is 0 Å². The Bertz CT molecular complexity index is 921. The van der Waals surface area contributed by atoms with Crippen LogP contribution in [0.4, 0.5) is 0 Å². The van der Waals surface area contributed by atoms with E-state index < -0.39 is 17.9 Å². The molecule has 0 rings (SSSR count). The average molecular weight is 639 g/mol. The predicted octanol–water partition coefficient (Wildman–Crippen LogP) is 1.13. The number of nitrogens with two attached hydrogens (primary N) is 2. The van der Waals surface area contributed by atoms with Gasteiger partial charge in [-0.3, -0.25) is 33.6 Å². The standard InChI is InChI=1S/C8H15NO3.C8H13NO3.C6H10O3.C4H9NO2.C2H5NO.H2/c2*1-4-12-8(11)5-6(2)9-7(3)10;1-3-9-6(8)4-5(2)7;1-3(5)2-4(6)7;1-2(3)4;/h6H,4-5H2,1-3H3,(H,9,10);5H,4H2,1-3H3,(H,9,10);3-4H2,1-2H3;3H,2,5H2,1H3,(H,6,7);1H3,(H2,3,4);1H/b;6-5-;;;;/t6-;;;3-;;/m1..1../s1. The Morgan fingerprint density at radius 2 is 1.20 bits per heavy atom. The molecule has 0 aliphatic heterocycles. The van der Waals surface area contributed by atoms with Gasteiger partial charge in [0.05, 0.1) is 32.7 Å². The van der Waals surface area contributed by atoms with E-state index in [1.54, 1.807) is 41.5 Å². The smallest absolute Gasteiger partial charge is 0.332 e. The van der Waals surface area contributed by atoms with Gasteiger partial charge in [-0.1, -0.05) is 0 Å². The Morgan fingerprint density at radius 3 is 1.50 bits per heavy atom. The summed E-state index contributed by atoms with van der Waals surface area (Å²) in [5.74, 6) is -2.82. The largest absolute Gasteiger partial charge is 0.481 e. The molecule has 0 bridgehead atoms. The number of ketones is 1. The molecule has 7 N–H and O–H groups in total. The van der Waals surface area contributed by atoms with Crippen LogP contribution in [0.3, 0.4) is 0 Å². The number of amides is 3. The summed E-state index contributed by atoms with van der Waals surface area (Å²) in [5, 5.41) is 13.0. The maximum Gasteiger partial charge on any atom is 0.332 e. The van der Waals surface area contributed by atoms with Crippen LogP contribution in [0.2, 0.25) is 0 Å². The second-order valence-corrected chi connectivity index (χ2v) is 8.74. The van der Waals surface area contributed by atoms with Gasteiger partial charge in [0, 0.05) is 46.1 Å². The summed E-state index contributed by atoms with van der Waals surface area (Å²) in [7, 11) is 0. The monoisotopic (exact) mass is 638 g/mol. The van der Waals surface area contributed by atoms with Gasteiger partial charge < -0.3 is 41.4 Å². The lowest BCUT2D eigenvalue weighted by atomic mass is 10.2. The summed E-state index contributed by atoms with van der Waals surface area (Å²) >= 11 is 0. The maximum absolute atomic E-state index is 10.9. The molecule has 258 valence electrons. The third-order valence-electron chi connectivity index (χ3n) is 3.42. The SMILES string of the molecule is CC(N)=O.CCOC(=O)/C=C(/C)NC(C)=O.CCOC(=O)CC(C)=O.CCOC(=O)C[C@@H](C)NC(C)=O.C[C@@H](N)CC(=O)O.[HH]. The number of ether oxygens (including phenoxy) is 3. The van der Waals surface area contributed by atoms with Gasteiger partial charge >= 0.3 is 23.9 Å². The molecule has 0 fully saturated rings. The quantitative estimate of drug-likeness (QED) is 0.0870. The van der Waals surface area contributed by atoms with Crippen molar-refractivity contribution in [2.75, 3.05) is 19.8 Å². The molecule has 0 aliphatic rings. The molecule has 0 unspecified atom stereocenters. The lowest BCUT2D eigenvalue weighted by Crippen LogP contribution is -2.32. The first-order valence-corrected chi connectivity index (χ1v) is 13.6. The van der Waals surface area contributed by atoms with Crippen LogP contribution in [0.15, 0.2) is 11.8 Å². The number of hydrogen-bond donors (Lipinski definition) is 5. The summed E-state index contributed by atoms with van der Waals surface area (Å²) in [6, 6.07) is -0.376. The first-order chi connectivity index (χ1) is 20.1. The molecule has 16 heteroatoms. The van der Waals surface area contributed by atoms with Crippen molar-refractivity contribution in [1.29, 1.82) is 0 Å². The van der Waals surface area contributed by atoms with Crippen LogP contribution in [-0.2, 0) is 52.6 Å². The van der Waals surface area contributed by atoms with Crippen molar-refractivity contribution in [1.82, 2.24) is 10.6 Å². The molecular formula is C28H54N4O12. The van der Waals surface area contributed by atoms with Crippen molar-refractivity contribution in [3.05, 3.63) is 11.8 Å². The molecule has 0 heterocycles. The molecule has 0 saturated heterocycles. The van der Waals surface area contributed by atoms with Crippen LogP contribution in [0.25, 0.3) is 0 Å². The summed E-state index contributed by atoms with van der Waals surface area (Å²) in [4.78, 5) is 82.3. The first kappa shape index (κ1) is 49.3. The zero-order valence-corrected chi connectivity index (χ0v) is 27.6. The third-order valence-corrected chi connectivity index (χ3v) is 3.42. The lowest BCUT2D eigenvalue weighted by Gasteiger charge is -2.10. The van der Waals surface area contributed by atoms with Crippen LogP contribution in [0.1, 0.15) is 89.9 Å². The first-order valence-electron chi connectivity index (χ1n) is 13.6. The average Bonchev–Trinajstić information content (AvgIpc) is 2.77.